The van der Waals surface area contributed by atoms with E-state index in [1.807, 2.05) is 42.5 Å². The summed E-state index contributed by atoms with van der Waals surface area (Å²) in [6, 6.07) is 13.0. The maximum Gasteiger partial charge on any atom is 0.244 e. The minimum Gasteiger partial charge on any atom is -0.488 e. The fraction of sp³-hybridized carbons (Fsp3) is 0.190. The van der Waals surface area contributed by atoms with Crippen molar-refractivity contribution in [3.63, 3.8) is 0 Å². The first-order valence-electron chi connectivity index (χ1n) is 8.65. The molecular formula is C21H18ClNO4. The van der Waals surface area contributed by atoms with Crippen LogP contribution in [0.5, 0.6) is 17.2 Å². The van der Waals surface area contributed by atoms with Crippen LogP contribution < -0.4 is 19.5 Å². The van der Waals surface area contributed by atoms with Gasteiger partial charge in [0.15, 0.2) is 11.5 Å². The van der Waals surface area contributed by atoms with E-state index in [0.29, 0.717) is 30.5 Å². The van der Waals surface area contributed by atoms with E-state index in [0.717, 1.165) is 22.6 Å². The molecule has 5 nitrogen and oxygen atoms in total. The first kappa shape index (κ1) is 17.5. The van der Waals surface area contributed by atoms with Gasteiger partial charge < -0.3 is 19.5 Å². The van der Waals surface area contributed by atoms with E-state index in [-0.39, 0.29) is 12.0 Å². The first-order valence-corrected chi connectivity index (χ1v) is 9.02. The molecule has 1 atom stereocenters. The highest BCUT2D eigenvalue weighted by molar-refractivity contribution is 6.30. The highest BCUT2D eigenvalue weighted by Crippen LogP contribution is 2.31. The Labute approximate surface area is 162 Å². The van der Waals surface area contributed by atoms with E-state index in [1.165, 1.54) is 6.08 Å². The van der Waals surface area contributed by atoms with Crippen LogP contribution in [0, 0.1) is 0 Å². The smallest absolute Gasteiger partial charge is 0.244 e. The van der Waals surface area contributed by atoms with Gasteiger partial charge in [-0.1, -0.05) is 29.8 Å². The van der Waals surface area contributed by atoms with Crippen molar-refractivity contribution in [2.75, 3.05) is 19.8 Å². The predicted octanol–water partition coefficient (Wildman–Crippen LogP) is 3.63. The van der Waals surface area contributed by atoms with Gasteiger partial charge in [-0.15, -0.1) is 0 Å². The lowest BCUT2D eigenvalue weighted by atomic mass is 10.1. The van der Waals surface area contributed by atoms with Crippen molar-refractivity contribution in [2.45, 2.75) is 6.10 Å². The molecular weight excluding hydrogens is 366 g/mol. The molecule has 0 aliphatic carbocycles. The van der Waals surface area contributed by atoms with Gasteiger partial charge in [-0.25, -0.2) is 0 Å². The number of hydrogen-bond donors (Lipinski definition) is 1. The van der Waals surface area contributed by atoms with Crippen molar-refractivity contribution < 1.29 is 19.0 Å². The summed E-state index contributed by atoms with van der Waals surface area (Å²) in [6.45, 7) is 1.18. The largest absolute Gasteiger partial charge is 0.488 e. The lowest BCUT2D eigenvalue weighted by molar-refractivity contribution is -0.117. The highest BCUT2D eigenvalue weighted by atomic mass is 35.5. The third-order valence-electron chi connectivity index (χ3n) is 4.23. The van der Waals surface area contributed by atoms with Crippen LogP contribution in [0.25, 0.3) is 6.08 Å². The van der Waals surface area contributed by atoms with Crippen molar-refractivity contribution in [1.29, 1.82) is 0 Å². The summed E-state index contributed by atoms with van der Waals surface area (Å²) in [5.74, 6) is 2.01. The number of amides is 1. The number of halogens is 1. The maximum atomic E-state index is 12.1. The standard InChI is InChI=1S/C21H18ClNO4/c22-16-6-7-18-15(10-16)9-14(12-25-18)5-8-21(24)23-11-17-13-26-19-3-1-2-4-20(19)27-17/h1-10,17H,11-13H2,(H,23,24)/b8-5+. The Morgan fingerprint density at radius 2 is 2.00 bits per heavy atom. The monoisotopic (exact) mass is 383 g/mol. The van der Waals surface area contributed by atoms with Crippen molar-refractivity contribution in [3.8, 4) is 17.2 Å². The van der Waals surface area contributed by atoms with Crippen LogP contribution in [0.3, 0.4) is 0 Å². The molecule has 0 saturated heterocycles. The summed E-state index contributed by atoms with van der Waals surface area (Å²) in [7, 11) is 0. The van der Waals surface area contributed by atoms with Crippen LogP contribution in [0.4, 0.5) is 0 Å². The zero-order chi connectivity index (χ0) is 18.6. The van der Waals surface area contributed by atoms with Gasteiger partial charge in [0, 0.05) is 16.7 Å². The van der Waals surface area contributed by atoms with Crippen LogP contribution in [0.2, 0.25) is 5.02 Å². The number of para-hydroxylation sites is 2. The predicted molar refractivity (Wildman–Crippen MR) is 103 cm³/mol. The molecule has 0 saturated carbocycles. The summed E-state index contributed by atoms with van der Waals surface area (Å²) >= 11 is 6.01. The topological polar surface area (TPSA) is 56.8 Å². The summed E-state index contributed by atoms with van der Waals surface area (Å²) in [4.78, 5) is 12.1. The van der Waals surface area contributed by atoms with Crippen LogP contribution in [-0.4, -0.2) is 31.8 Å². The number of fused-ring (bicyclic) bond motifs is 2. The lowest BCUT2D eigenvalue weighted by Crippen LogP contribution is -2.40. The molecule has 0 spiro atoms. The van der Waals surface area contributed by atoms with Gasteiger partial charge in [-0.3, -0.25) is 4.79 Å². The average molecular weight is 384 g/mol. The van der Waals surface area contributed by atoms with Crippen LogP contribution in [-0.2, 0) is 4.79 Å². The fourth-order valence-corrected chi connectivity index (χ4v) is 3.06. The Balaban J connectivity index is 1.31. The number of rotatable bonds is 4. The number of benzene rings is 2. The second-order valence-electron chi connectivity index (χ2n) is 6.27. The zero-order valence-electron chi connectivity index (χ0n) is 14.5. The molecule has 0 aromatic heterocycles. The quantitative estimate of drug-likeness (QED) is 0.819. The number of ether oxygens (including phenoxy) is 3. The van der Waals surface area contributed by atoms with Crippen molar-refractivity contribution >= 4 is 23.6 Å². The van der Waals surface area contributed by atoms with Gasteiger partial charge in [0.25, 0.3) is 0 Å². The SMILES string of the molecule is O=C(/C=C/C1=Cc2cc(Cl)ccc2OC1)NCC1COc2ccccc2O1. The van der Waals surface area contributed by atoms with Crippen LogP contribution >= 0.6 is 11.6 Å². The number of carbonyl (C=O) groups is 1. The van der Waals surface area contributed by atoms with Gasteiger partial charge in [-0.05, 0) is 42.0 Å². The minimum absolute atomic E-state index is 0.199. The molecule has 6 heteroatoms. The Kier molecular flexibility index (Phi) is 5.03. The Bertz CT molecular complexity index is 922. The minimum atomic E-state index is -0.219. The maximum absolute atomic E-state index is 12.1. The third kappa shape index (κ3) is 4.26. The molecule has 2 aromatic rings. The lowest BCUT2D eigenvalue weighted by Gasteiger charge is -2.26. The number of hydrogen-bond acceptors (Lipinski definition) is 4. The van der Waals surface area contributed by atoms with E-state index < -0.39 is 0 Å². The first-order chi connectivity index (χ1) is 13.2. The van der Waals surface area contributed by atoms with Gasteiger partial charge >= 0.3 is 0 Å². The molecule has 1 unspecified atom stereocenters. The second-order valence-corrected chi connectivity index (χ2v) is 6.70. The Morgan fingerprint density at radius 1 is 1.15 bits per heavy atom. The van der Waals surface area contributed by atoms with Crippen LogP contribution in [0.15, 0.2) is 60.2 Å². The molecule has 2 aliphatic rings. The van der Waals surface area contributed by atoms with E-state index >= 15 is 0 Å². The summed E-state index contributed by atoms with van der Waals surface area (Å²) in [6.07, 6.45) is 4.97. The normalized spacial score (nSPS) is 17.7. The number of nitrogens with one attached hydrogen (secondary N) is 1. The highest BCUT2D eigenvalue weighted by Gasteiger charge is 2.20. The molecule has 0 fully saturated rings. The molecule has 2 heterocycles. The molecule has 1 N–H and O–H groups in total. The molecule has 2 aromatic carbocycles. The van der Waals surface area contributed by atoms with Gasteiger partial charge in [0.05, 0.1) is 6.54 Å². The molecule has 27 heavy (non-hydrogen) atoms. The van der Waals surface area contributed by atoms with E-state index in [2.05, 4.69) is 5.32 Å². The Hall–Kier alpha value is -2.92. The molecule has 4 rings (SSSR count). The molecule has 138 valence electrons. The van der Waals surface area contributed by atoms with Crippen molar-refractivity contribution in [1.82, 2.24) is 5.32 Å². The average Bonchev–Trinajstić information content (AvgIpc) is 2.70. The van der Waals surface area contributed by atoms with E-state index in [4.69, 9.17) is 25.8 Å². The van der Waals surface area contributed by atoms with Gasteiger partial charge in [-0.2, -0.15) is 0 Å². The third-order valence-corrected chi connectivity index (χ3v) is 4.46. The van der Waals surface area contributed by atoms with Crippen molar-refractivity contribution in [3.05, 3.63) is 70.8 Å². The van der Waals surface area contributed by atoms with Gasteiger partial charge in [0.1, 0.15) is 25.1 Å². The summed E-state index contributed by atoms with van der Waals surface area (Å²) < 4.78 is 17.1. The summed E-state index contributed by atoms with van der Waals surface area (Å²) in [5.41, 5.74) is 1.80. The Morgan fingerprint density at radius 3 is 2.89 bits per heavy atom. The molecule has 2 aliphatic heterocycles. The molecule has 1 amide bonds. The van der Waals surface area contributed by atoms with Crippen LogP contribution in [0.1, 0.15) is 5.56 Å². The summed E-state index contributed by atoms with van der Waals surface area (Å²) in [5, 5.41) is 3.48. The fourth-order valence-electron chi connectivity index (χ4n) is 2.88. The zero-order valence-corrected chi connectivity index (χ0v) is 15.2. The van der Waals surface area contributed by atoms with E-state index in [1.54, 1.807) is 12.1 Å². The van der Waals surface area contributed by atoms with Crippen molar-refractivity contribution in [2.24, 2.45) is 0 Å². The van der Waals surface area contributed by atoms with Gasteiger partial charge in [0.2, 0.25) is 5.91 Å². The number of carbonyl (C=O) groups excluding carboxylic acids is 1. The second kappa shape index (κ2) is 7.76. The van der Waals surface area contributed by atoms with E-state index in [9.17, 15) is 4.79 Å². The molecule has 0 bridgehead atoms. The molecule has 0 radical (unpaired) electrons.